The fourth-order valence-corrected chi connectivity index (χ4v) is 3.47. The van der Waals surface area contributed by atoms with Gasteiger partial charge in [0.2, 0.25) is 5.95 Å². The number of carbonyl (C=O) groups is 1. The number of aliphatic carboxylic acids is 1. The van der Waals surface area contributed by atoms with Crippen LogP contribution in [0.2, 0.25) is 5.02 Å². The molecule has 0 aliphatic rings. The van der Waals surface area contributed by atoms with E-state index in [1.54, 1.807) is 48.5 Å². The first-order valence-electron chi connectivity index (χ1n) is 9.89. The van der Waals surface area contributed by atoms with E-state index in [-0.39, 0.29) is 25.5 Å². The Labute approximate surface area is 201 Å². The molecule has 4 rings (SSSR count). The Hall–Kier alpha value is -4.03. The van der Waals surface area contributed by atoms with Crippen LogP contribution in [0.25, 0.3) is 0 Å². The van der Waals surface area contributed by atoms with Crippen molar-refractivity contribution in [2.45, 2.75) is 19.5 Å². The van der Waals surface area contributed by atoms with Gasteiger partial charge in [0.05, 0.1) is 24.7 Å². The molecule has 2 N–H and O–H groups in total. The van der Waals surface area contributed by atoms with Gasteiger partial charge in [-0.15, -0.1) is 4.37 Å². The van der Waals surface area contributed by atoms with Crippen LogP contribution in [-0.2, 0) is 17.9 Å². The monoisotopic (exact) mass is 500 g/mol. The molecule has 0 amide bonds. The van der Waals surface area contributed by atoms with E-state index >= 15 is 0 Å². The largest absolute Gasteiger partial charge is 0.481 e. The highest BCUT2D eigenvalue weighted by molar-refractivity contribution is 6.99. The average molecular weight is 501 g/mol. The maximum absolute atomic E-state index is 13.1. The number of halogens is 1. The molecule has 13 heteroatoms. The molecule has 0 bridgehead atoms. The van der Waals surface area contributed by atoms with Gasteiger partial charge in [-0.3, -0.25) is 9.36 Å². The Morgan fingerprint density at radius 2 is 1.82 bits per heavy atom. The molecule has 0 radical (unpaired) electrons. The standard InChI is InChI=1S/C21H17ClN6O5S/c22-14-3-1-13(2-4-14)12-28-19(25-20(31)27(21(28)32)10-9-18(29)30)24-15-5-7-16(8-6-15)33-17-11-23-34-26-17/h1-8,11H,9-10,12H2,(H,29,30)(H,24,25,31). The lowest BCUT2D eigenvalue weighted by molar-refractivity contribution is -0.137. The molecule has 34 heavy (non-hydrogen) atoms. The van der Waals surface area contributed by atoms with E-state index in [0.717, 1.165) is 21.9 Å². The van der Waals surface area contributed by atoms with E-state index in [4.69, 9.17) is 21.4 Å². The third kappa shape index (κ3) is 5.66. The highest BCUT2D eigenvalue weighted by Gasteiger charge is 2.15. The number of aromatic nitrogens is 5. The molecule has 11 nitrogen and oxygen atoms in total. The van der Waals surface area contributed by atoms with Gasteiger partial charge in [0.25, 0.3) is 5.88 Å². The average Bonchev–Trinajstić information content (AvgIpc) is 3.32. The van der Waals surface area contributed by atoms with E-state index in [9.17, 15) is 14.4 Å². The Bertz CT molecular complexity index is 1400. The number of benzene rings is 2. The molecule has 2 aromatic heterocycles. The zero-order valence-corrected chi connectivity index (χ0v) is 19.0. The van der Waals surface area contributed by atoms with Gasteiger partial charge in [0, 0.05) is 17.3 Å². The molecule has 0 unspecified atom stereocenters. The number of nitrogens with one attached hydrogen (secondary N) is 1. The molecule has 0 aliphatic heterocycles. The predicted octanol–water partition coefficient (Wildman–Crippen LogP) is 2.97. The summed E-state index contributed by atoms with van der Waals surface area (Å²) >= 11 is 6.97. The van der Waals surface area contributed by atoms with Crippen molar-refractivity contribution in [3.63, 3.8) is 0 Å². The summed E-state index contributed by atoms with van der Waals surface area (Å²) in [5, 5.41) is 12.5. The van der Waals surface area contributed by atoms with Crippen LogP contribution >= 0.6 is 23.3 Å². The Kier molecular flexibility index (Phi) is 6.99. The van der Waals surface area contributed by atoms with Crippen molar-refractivity contribution in [2.24, 2.45) is 0 Å². The molecule has 0 aliphatic carbocycles. The molecule has 0 fully saturated rings. The summed E-state index contributed by atoms with van der Waals surface area (Å²) in [5.74, 6) is -0.231. The molecule has 0 saturated carbocycles. The molecule has 2 heterocycles. The van der Waals surface area contributed by atoms with Crippen LogP contribution in [0.15, 0.2) is 64.3 Å². The van der Waals surface area contributed by atoms with Crippen molar-refractivity contribution in [3.05, 3.63) is 86.3 Å². The number of hydrogen-bond acceptors (Lipinski definition) is 9. The lowest BCUT2D eigenvalue weighted by atomic mass is 10.2. The normalized spacial score (nSPS) is 10.7. The second-order valence-corrected chi connectivity index (χ2v) is 8.00. The SMILES string of the molecule is O=C(O)CCn1c(=O)nc(Nc2ccc(Oc3cnsn3)cc2)n(Cc2ccc(Cl)cc2)c1=O. The minimum absolute atomic E-state index is 0.00824. The van der Waals surface area contributed by atoms with Gasteiger partial charge in [-0.05, 0) is 42.0 Å². The first kappa shape index (κ1) is 23.1. The number of anilines is 2. The second-order valence-electron chi connectivity index (χ2n) is 7.01. The van der Waals surface area contributed by atoms with E-state index in [1.807, 2.05) is 0 Å². The fraction of sp³-hybridized carbons (Fsp3) is 0.143. The zero-order chi connectivity index (χ0) is 24.1. The van der Waals surface area contributed by atoms with Crippen LogP contribution in [0.1, 0.15) is 12.0 Å². The fourth-order valence-electron chi connectivity index (χ4n) is 3.00. The van der Waals surface area contributed by atoms with Gasteiger partial charge in [-0.1, -0.05) is 23.7 Å². The highest BCUT2D eigenvalue weighted by atomic mass is 35.5. The number of ether oxygens (including phenoxy) is 1. The smallest absolute Gasteiger partial charge is 0.354 e. The van der Waals surface area contributed by atoms with Crippen LogP contribution < -0.4 is 21.4 Å². The number of carboxylic acid groups (broad SMARTS) is 1. The van der Waals surface area contributed by atoms with Crippen molar-refractivity contribution in [1.29, 1.82) is 0 Å². The van der Waals surface area contributed by atoms with Crippen LogP contribution in [-0.4, -0.2) is 33.9 Å². The highest BCUT2D eigenvalue weighted by Crippen LogP contribution is 2.23. The van der Waals surface area contributed by atoms with Crippen molar-refractivity contribution in [2.75, 3.05) is 5.32 Å². The van der Waals surface area contributed by atoms with Crippen LogP contribution in [0.4, 0.5) is 11.6 Å². The summed E-state index contributed by atoms with van der Waals surface area (Å²) in [7, 11) is 0. The number of hydrogen-bond donors (Lipinski definition) is 2. The van der Waals surface area contributed by atoms with Crippen molar-refractivity contribution < 1.29 is 14.6 Å². The summed E-state index contributed by atoms with van der Waals surface area (Å²) in [6.07, 6.45) is 1.11. The first-order chi connectivity index (χ1) is 16.4. The Morgan fingerprint density at radius 1 is 1.09 bits per heavy atom. The summed E-state index contributed by atoms with van der Waals surface area (Å²) in [6, 6.07) is 13.6. The van der Waals surface area contributed by atoms with Gasteiger partial charge in [0.15, 0.2) is 0 Å². The number of nitrogens with zero attached hydrogens (tertiary/aromatic N) is 5. The van der Waals surface area contributed by atoms with Gasteiger partial charge in [-0.25, -0.2) is 14.2 Å². The first-order valence-corrected chi connectivity index (χ1v) is 11.0. The van der Waals surface area contributed by atoms with E-state index in [1.165, 1.54) is 10.8 Å². The lowest BCUT2D eigenvalue weighted by Crippen LogP contribution is -2.43. The molecular formula is C21H17ClN6O5S. The maximum Gasteiger partial charge on any atom is 0.354 e. The lowest BCUT2D eigenvalue weighted by Gasteiger charge is -2.15. The summed E-state index contributed by atoms with van der Waals surface area (Å²) in [5.41, 5.74) is -0.254. The van der Waals surface area contributed by atoms with E-state index in [2.05, 4.69) is 19.0 Å². The van der Waals surface area contributed by atoms with Crippen LogP contribution in [0.5, 0.6) is 11.6 Å². The zero-order valence-electron chi connectivity index (χ0n) is 17.4. The number of carboxylic acids is 1. The third-order valence-electron chi connectivity index (χ3n) is 4.63. The van der Waals surface area contributed by atoms with Gasteiger partial charge in [0.1, 0.15) is 11.9 Å². The molecule has 4 aromatic rings. The van der Waals surface area contributed by atoms with Gasteiger partial charge in [-0.2, -0.15) is 9.36 Å². The topological polar surface area (TPSA) is 141 Å². The second kappa shape index (κ2) is 10.3. The van der Waals surface area contributed by atoms with Crippen LogP contribution in [0.3, 0.4) is 0 Å². The quantitative estimate of drug-likeness (QED) is 0.354. The minimum atomic E-state index is -1.13. The van der Waals surface area contributed by atoms with E-state index in [0.29, 0.717) is 22.3 Å². The molecule has 0 atom stereocenters. The summed E-state index contributed by atoms with van der Waals surface area (Å²) in [4.78, 5) is 40.6. The minimum Gasteiger partial charge on any atom is -0.481 e. The van der Waals surface area contributed by atoms with Crippen molar-refractivity contribution in [1.82, 2.24) is 22.9 Å². The van der Waals surface area contributed by atoms with Crippen molar-refractivity contribution >= 4 is 40.9 Å². The van der Waals surface area contributed by atoms with Gasteiger partial charge < -0.3 is 15.2 Å². The molecule has 174 valence electrons. The summed E-state index contributed by atoms with van der Waals surface area (Å²) in [6.45, 7) is -0.213. The molecule has 0 saturated heterocycles. The Morgan fingerprint density at radius 3 is 2.47 bits per heavy atom. The van der Waals surface area contributed by atoms with Gasteiger partial charge >= 0.3 is 17.3 Å². The summed E-state index contributed by atoms with van der Waals surface area (Å²) < 4.78 is 15.5. The van der Waals surface area contributed by atoms with E-state index < -0.39 is 17.3 Å². The molecule has 0 spiro atoms. The maximum atomic E-state index is 13.1. The van der Waals surface area contributed by atoms with Crippen molar-refractivity contribution in [3.8, 4) is 11.6 Å². The Balaban J connectivity index is 1.65. The predicted molar refractivity (Wildman–Crippen MR) is 125 cm³/mol. The van der Waals surface area contributed by atoms with Crippen LogP contribution in [0, 0.1) is 0 Å². The third-order valence-corrected chi connectivity index (χ3v) is 5.34. The molecular weight excluding hydrogens is 484 g/mol. The number of rotatable bonds is 9. The molecule has 2 aromatic carbocycles.